The van der Waals surface area contributed by atoms with Crippen molar-refractivity contribution in [2.45, 2.75) is 44.9 Å². The maximum absolute atomic E-state index is 4.67. The zero-order valence-corrected chi connectivity index (χ0v) is 31.3. The molecule has 4 nitrogen and oxygen atoms in total. The first-order valence-corrected chi connectivity index (χ1v) is 17.5. The molecule has 0 fully saturated rings. The van der Waals surface area contributed by atoms with Gasteiger partial charge in [-0.1, -0.05) is 88.4 Å². The predicted molar refractivity (Wildman–Crippen MR) is 204 cm³/mol. The Balaban J connectivity index is 0.00000348. The van der Waals surface area contributed by atoms with E-state index in [0.29, 0.717) is 0 Å². The molecule has 0 spiro atoms. The number of para-hydroxylation sites is 2. The molecule has 3 aliphatic rings. The number of fused-ring (bicyclic) bond motifs is 1. The molecular weight excluding hydrogens is 804 g/mol. The van der Waals surface area contributed by atoms with Crippen molar-refractivity contribution >= 4 is 38.9 Å². The Morgan fingerprint density at radius 1 is 0.647 bits per heavy atom. The van der Waals surface area contributed by atoms with Crippen LogP contribution in [0.5, 0.6) is 0 Å². The molecule has 0 saturated heterocycles. The quantitative estimate of drug-likeness (QED) is 0.162. The molecule has 0 saturated carbocycles. The van der Waals surface area contributed by atoms with Crippen molar-refractivity contribution in [3.8, 4) is 22.5 Å². The van der Waals surface area contributed by atoms with Gasteiger partial charge in [-0.05, 0) is 64.1 Å². The average molecular weight is 840 g/mol. The molecule has 1 unspecified atom stereocenters. The fourth-order valence-corrected chi connectivity index (χ4v) is 8.99. The summed E-state index contributed by atoms with van der Waals surface area (Å²) in [6.07, 6.45) is 7.04. The van der Waals surface area contributed by atoms with Gasteiger partial charge in [0.25, 0.3) is 0 Å². The van der Waals surface area contributed by atoms with Gasteiger partial charge in [-0.15, -0.1) is 59.7 Å². The molecule has 7 aromatic rings. The van der Waals surface area contributed by atoms with Gasteiger partial charge >= 0.3 is 21.1 Å². The van der Waals surface area contributed by atoms with E-state index < -0.39 is 0 Å². The van der Waals surface area contributed by atoms with Crippen LogP contribution in [0.3, 0.4) is 0 Å². The van der Waals surface area contributed by atoms with Crippen LogP contribution in [-0.4, -0.2) is 14.5 Å². The Hall–Kier alpha value is -5.05. The minimum atomic E-state index is -0.207. The average Bonchev–Trinajstić information content (AvgIpc) is 3.49. The minimum absolute atomic E-state index is 0. The molecule has 5 heterocycles. The van der Waals surface area contributed by atoms with Crippen LogP contribution in [0.4, 0.5) is 11.4 Å². The van der Waals surface area contributed by atoms with Crippen LogP contribution in [0.25, 0.3) is 50.0 Å². The van der Waals surface area contributed by atoms with Crippen LogP contribution in [-0.2, 0) is 31.9 Å². The van der Waals surface area contributed by atoms with Crippen molar-refractivity contribution in [3.05, 3.63) is 162 Å². The summed E-state index contributed by atoms with van der Waals surface area (Å²) in [7, 11) is 0. The summed E-state index contributed by atoms with van der Waals surface area (Å²) >= 11 is 0. The van der Waals surface area contributed by atoms with E-state index in [9.17, 15) is 0 Å². The standard InChI is InChI=1S/C46H36N4.Pt/c1-45(2)36-19-11-17-34-35-18-12-20-37-43(35)50(42(34)36)44-38(45)27-33(28-39(44)46(37,3)4)49(31-15-9-13-29(25-31)40-21-5-7-23-47-40)32-16-10-14-30(26-32)41-22-6-8-24-48-41;/h5-24,27,39H,28H2,1-4H3;/q-2;+2. The smallest absolute Gasteiger partial charge is 0.350 e. The summed E-state index contributed by atoms with van der Waals surface area (Å²) in [5.41, 5.74) is 15.0. The number of pyridine rings is 2. The van der Waals surface area contributed by atoms with Gasteiger partial charge in [0.1, 0.15) is 0 Å². The summed E-state index contributed by atoms with van der Waals surface area (Å²) in [5, 5.41) is 2.71. The van der Waals surface area contributed by atoms with Gasteiger partial charge in [0.15, 0.2) is 0 Å². The summed E-state index contributed by atoms with van der Waals surface area (Å²) in [6.45, 7) is 9.73. The van der Waals surface area contributed by atoms with Crippen LogP contribution in [0.1, 0.15) is 45.2 Å². The summed E-state index contributed by atoms with van der Waals surface area (Å²) < 4.78 is 2.64. The van der Waals surface area contributed by atoms with Crippen molar-refractivity contribution in [1.82, 2.24) is 14.5 Å². The number of anilines is 2. The van der Waals surface area contributed by atoms with Crippen molar-refractivity contribution < 1.29 is 21.1 Å². The molecule has 5 heteroatoms. The van der Waals surface area contributed by atoms with E-state index in [4.69, 9.17) is 0 Å². The summed E-state index contributed by atoms with van der Waals surface area (Å²) in [6, 6.07) is 46.3. The zero-order chi connectivity index (χ0) is 33.8. The third kappa shape index (κ3) is 4.55. The number of allylic oxidation sites excluding steroid dienone is 4. The largest absolute Gasteiger partial charge is 2.00 e. The zero-order valence-electron chi connectivity index (χ0n) is 29.0. The van der Waals surface area contributed by atoms with Gasteiger partial charge in [0.05, 0.1) is 11.0 Å². The number of benzene rings is 4. The number of hydrogen-bond donors (Lipinski definition) is 0. The van der Waals surface area contributed by atoms with Crippen molar-refractivity contribution in [2.24, 2.45) is 5.92 Å². The molecule has 1 aliphatic carbocycles. The predicted octanol–water partition coefficient (Wildman–Crippen LogP) is 11.1. The molecule has 10 rings (SSSR count). The molecule has 4 aromatic carbocycles. The summed E-state index contributed by atoms with van der Waals surface area (Å²) in [5.74, 6) is 0.249. The number of aromatic nitrogens is 3. The van der Waals surface area contributed by atoms with Crippen molar-refractivity contribution in [3.63, 3.8) is 0 Å². The molecule has 0 amide bonds. The second kappa shape index (κ2) is 11.5. The topological polar surface area (TPSA) is 34.0 Å². The van der Waals surface area contributed by atoms with E-state index in [0.717, 1.165) is 40.3 Å². The molecule has 250 valence electrons. The number of nitrogens with zero attached hydrogens (tertiary/aromatic N) is 4. The van der Waals surface area contributed by atoms with E-state index in [-0.39, 0.29) is 37.8 Å². The number of rotatable bonds is 5. The molecule has 2 aliphatic heterocycles. The van der Waals surface area contributed by atoms with E-state index in [1.165, 1.54) is 49.9 Å². The van der Waals surface area contributed by atoms with E-state index in [2.05, 4.69) is 138 Å². The van der Waals surface area contributed by atoms with Crippen molar-refractivity contribution in [1.29, 1.82) is 0 Å². The van der Waals surface area contributed by atoms with E-state index in [1.807, 2.05) is 48.8 Å². The number of hydrogen-bond acceptors (Lipinski definition) is 3. The van der Waals surface area contributed by atoms with Gasteiger partial charge < -0.3 is 19.4 Å². The Morgan fingerprint density at radius 2 is 1.20 bits per heavy atom. The second-order valence-corrected chi connectivity index (χ2v) is 14.9. The molecule has 0 radical (unpaired) electrons. The molecule has 0 N–H and O–H groups in total. The van der Waals surface area contributed by atoms with Gasteiger partial charge in [0.2, 0.25) is 0 Å². The Morgan fingerprint density at radius 3 is 1.76 bits per heavy atom. The van der Waals surface area contributed by atoms with Crippen LogP contribution < -0.4 is 4.90 Å². The molecule has 0 bridgehead atoms. The fraction of sp³-hybridized carbons (Fsp3) is 0.174. The molecule has 1 atom stereocenters. The molecular formula is C46H36N4Pt. The molecule has 3 aromatic heterocycles. The Kier molecular flexibility index (Phi) is 7.18. The third-order valence-electron chi connectivity index (χ3n) is 11.5. The van der Waals surface area contributed by atoms with Crippen LogP contribution in [0.2, 0.25) is 0 Å². The van der Waals surface area contributed by atoms with E-state index in [1.54, 1.807) is 0 Å². The third-order valence-corrected chi connectivity index (χ3v) is 11.5. The Labute approximate surface area is 313 Å². The van der Waals surface area contributed by atoms with Crippen LogP contribution in [0, 0.1) is 18.1 Å². The first kappa shape index (κ1) is 31.9. The SMILES string of the molecule is CC1(C)C2=C3C(CC(N(c4[c-]c(-c5ccccn5)ccc4)c4[c-]c(-c5ccccn5)ccc4)=C2)C(C)(C)c2cccc4c5cccc1c5n3c24.[Pt+2]. The van der Waals surface area contributed by atoms with E-state index >= 15 is 0 Å². The van der Waals surface area contributed by atoms with Gasteiger partial charge in [-0.25, -0.2) is 0 Å². The minimum Gasteiger partial charge on any atom is -0.350 e. The van der Waals surface area contributed by atoms with Crippen LogP contribution >= 0.6 is 0 Å². The fourth-order valence-electron chi connectivity index (χ4n) is 8.99. The first-order valence-electron chi connectivity index (χ1n) is 17.5. The van der Waals surface area contributed by atoms with Crippen molar-refractivity contribution in [2.75, 3.05) is 4.90 Å². The van der Waals surface area contributed by atoms with Gasteiger partial charge in [0, 0.05) is 51.3 Å². The Bertz CT molecular complexity index is 2470. The molecule has 51 heavy (non-hydrogen) atoms. The monoisotopic (exact) mass is 839 g/mol. The summed E-state index contributed by atoms with van der Waals surface area (Å²) in [4.78, 5) is 11.7. The first-order chi connectivity index (χ1) is 24.3. The van der Waals surface area contributed by atoms with Crippen LogP contribution in [0.15, 0.2) is 139 Å². The second-order valence-electron chi connectivity index (χ2n) is 14.9. The van der Waals surface area contributed by atoms with Gasteiger partial charge in [-0.3, -0.25) is 0 Å². The normalized spacial score (nSPS) is 17.7. The van der Waals surface area contributed by atoms with Gasteiger partial charge in [-0.2, -0.15) is 0 Å². The maximum Gasteiger partial charge on any atom is 2.00 e. The maximum atomic E-state index is 4.67.